The predicted molar refractivity (Wildman–Crippen MR) is 140 cm³/mol. The second kappa shape index (κ2) is 9.47. The van der Waals surface area contributed by atoms with Crippen molar-refractivity contribution in [3.63, 3.8) is 0 Å². The molecular formula is C27H25FN6O3. The highest BCUT2D eigenvalue weighted by Gasteiger charge is 2.39. The van der Waals surface area contributed by atoms with Gasteiger partial charge in [-0.2, -0.15) is 0 Å². The molecule has 4 aromatic rings. The number of benzene rings is 2. The van der Waals surface area contributed by atoms with E-state index in [2.05, 4.69) is 27.2 Å². The zero-order valence-corrected chi connectivity index (χ0v) is 20.1. The van der Waals surface area contributed by atoms with Crippen molar-refractivity contribution >= 4 is 34.4 Å². The van der Waals surface area contributed by atoms with E-state index in [9.17, 15) is 14.0 Å². The van der Waals surface area contributed by atoms with Gasteiger partial charge in [0.25, 0.3) is 5.91 Å². The van der Waals surface area contributed by atoms with E-state index in [1.165, 1.54) is 12.4 Å². The largest absolute Gasteiger partial charge is 0.383 e. The van der Waals surface area contributed by atoms with Gasteiger partial charge in [-0.15, -0.1) is 0 Å². The summed E-state index contributed by atoms with van der Waals surface area (Å²) in [7, 11) is 1.89. The van der Waals surface area contributed by atoms with Crippen LogP contribution >= 0.6 is 0 Å². The van der Waals surface area contributed by atoms with Gasteiger partial charge in [0.2, 0.25) is 5.91 Å². The number of nitrogens with zero attached hydrogens (tertiary/aromatic N) is 3. The van der Waals surface area contributed by atoms with E-state index in [-0.39, 0.29) is 31.6 Å². The van der Waals surface area contributed by atoms with Gasteiger partial charge in [0, 0.05) is 23.9 Å². The molecule has 0 bridgehead atoms. The molecule has 2 aromatic carbocycles. The number of rotatable bonds is 7. The topological polar surface area (TPSA) is 124 Å². The van der Waals surface area contributed by atoms with Crippen molar-refractivity contribution in [3.05, 3.63) is 73.1 Å². The maximum Gasteiger partial charge on any atom is 0.251 e. The number of aryl methyl sites for hydroxylation is 1. The number of hydrogen-bond donors (Lipinski definition) is 3. The van der Waals surface area contributed by atoms with Crippen molar-refractivity contribution < 1.29 is 18.7 Å². The van der Waals surface area contributed by atoms with E-state index < -0.39 is 5.67 Å². The molecule has 9 nitrogen and oxygen atoms in total. The average Bonchev–Trinajstić information content (AvgIpc) is 3.20. The van der Waals surface area contributed by atoms with Crippen LogP contribution in [0.15, 0.2) is 67.5 Å². The number of fused-ring (bicyclic) bond motifs is 1. The number of anilines is 2. The average molecular weight is 501 g/mol. The quantitative estimate of drug-likeness (QED) is 0.334. The fourth-order valence-corrected chi connectivity index (χ4v) is 4.35. The lowest BCUT2D eigenvalue weighted by atomic mass is 9.97. The molecule has 1 fully saturated rings. The van der Waals surface area contributed by atoms with Crippen LogP contribution in [-0.4, -0.2) is 51.8 Å². The summed E-state index contributed by atoms with van der Waals surface area (Å²) in [5, 5.41) is 6.05. The minimum absolute atomic E-state index is 0.0127. The van der Waals surface area contributed by atoms with Gasteiger partial charge in [-0.25, -0.2) is 14.4 Å². The van der Waals surface area contributed by atoms with Crippen LogP contribution in [-0.2, 0) is 16.6 Å². The Kier molecular flexibility index (Phi) is 6.18. The van der Waals surface area contributed by atoms with Gasteiger partial charge in [-0.05, 0) is 41.5 Å². The molecule has 0 spiro atoms. The number of aromatic nitrogens is 3. The molecule has 10 heteroatoms. The number of nitrogen functional groups attached to an aromatic ring is 1. The molecule has 1 aliphatic heterocycles. The van der Waals surface area contributed by atoms with E-state index in [4.69, 9.17) is 10.5 Å². The molecule has 1 aliphatic rings. The Morgan fingerprint density at radius 1 is 1.14 bits per heavy atom. The predicted octanol–water partition coefficient (Wildman–Crippen LogP) is 3.48. The number of halogens is 1. The number of nitrogens with one attached hydrogen (secondary N) is 2. The highest BCUT2D eigenvalue weighted by Crippen LogP contribution is 2.41. The molecule has 0 aliphatic carbocycles. The van der Waals surface area contributed by atoms with Crippen LogP contribution in [0.2, 0.25) is 0 Å². The van der Waals surface area contributed by atoms with Crippen LogP contribution in [0.4, 0.5) is 15.9 Å². The fourth-order valence-electron chi connectivity index (χ4n) is 4.35. The van der Waals surface area contributed by atoms with Crippen LogP contribution in [0, 0.1) is 0 Å². The number of carbonyl (C=O) groups is 2. The van der Waals surface area contributed by atoms with Crippen molar-refractivity contribution in [3.8, 4) is 22.4 Å². The first kappa shape index (κ1) is 24.1. The van der Waals surface area contributed by atoms with Gasteiger partial charge in [-0.1, -0.05) is 30.8 Å². The summed E-state index contributed by atoms with van der Waals surface area (Å²) in [5.74, 6) is -0.337. The maximum absolute atomic E-state index is 14.2. The Hall–Kier alpha value is -4.57. The minimum atomic E-state index is -1.50. The van der Waals surface area contributed by atoms with Crippen LogP contribution in [0.5, 0.6) is 0 Å². The number of alkyl halides is 1. The zero-order chi connectivity index (χ0) is 26.2. The SMILES string of the molecule is C=CC(=O)Nc1ccc(-c2c(-c3ccc(C(=O)NCC4(F)COC4)cc3)c3c(N)ncnc3n2C)cc1. The number of ether oxygens (including phenoxy) is 1. The third-order valence-electron chi connectivity index (χ3n) is 6.33. The lowest BCUT2D eigenvalue weighted by molar-refractivity contribution is -0.126. The van der Waals surface area contributed by atoms with Gasteiger partial charge >= 0.3 is 0 Å². The molecule has 0 atom stereocenters. The number of hydrogen-bond acceptors (Lipinski definition) is 6. The molecule has 2 amide bonds. The van der Waals surface area contributed by atoms with Gasteiger partial charge < -0.3 is 25.7 Å². The van der Waals surface area contributed by atoms with Gasteiger partial charge in [0.1, 0.15) is 17.8 Å². The summed E-state index contributed by atoms with van der Waals surface area (Å²) in [5.41, 5.74) is 9.79. The van der Waals surface area contributed by atoms with E-state index in [1.54, 1.807) is 24.3 Å². The third kappa shape index (κ3) is 4.54. The highest BCUT2D eigenvalue weighted by molar-refractivity contribution is 6.08. The van der Waals surface area contributed by atoms with Crippen molar-refractivity contribution in [1.29, 1.82) is 0 Å². The first-order valence-corrected chi connectivity index (χ1v) is 11.6. The third-order valence-corrected chi connectivity index (χ3v) is 6.33. The van der Waals surface area contributed by atoms with Crippen molar-refractivity contribution in [2.24, 2.45) is 7.05 Å². The van der Waals surface area contributed by atoms with Crippen LogP contribution in [0.25, 0.3) is 33.4 Å². The molecule has 1 saturated heterocycles. The lowest BCUT2D eigenvalue weighted by Gasteiger charge is -2.33. The summed E-state index contributed by atoms with van der Waals surface area (Å²) in [6, 6.07) is 14.4. The first-order chi connectivity index (χ1) is 17.8. The maximum atomic E-state index is 14.2. The van der Waals surface area contributed by atoms with E-state index >= 15 is 0 Å². The zero-order valence-electron chi connectivity index (χ0n) is 20.1. The molecule has 188 valence electrons. The molecule has 2 aromatic heterocycles. The Bertz CT molecular complexity index is 1510. The standard InChI is InChI=1S/C27H25FN6O3/c1-3-20(35)33-19-10-8-17(9-11-19)23-21(22-24(29)31-15-32-25(22)34(23)2)16-4-6-18(7-5-16)26(36)30-12-27(28)13-37-14-27/h3-11,15H,1,12-14H2,2H3,(H,30,36)(H,33,35)(H2,29,31,32). The second-order valence-electron chi connectivity index (χ2n) is 8.91. The highest BCUT2D eigenvalue weighted by atomic mass is 19.1. The summed E-state index contributed by atoms with van der Waals surface area (Å²) in [6.07, 6.45) is 2.62. The van der Waals surface area contributed by atoms with Crippen LogP contribution in [0.3, 0.4) is 0 Å². The first-order valence-electron chi connectivity index (χ1n) is 11.6. The Morgan fingerprint density at radius 3 is 2.43 bits per heavy atom. The molecule has 0 radical (unpaired) electrons. The van der Waals surface area contributed by atoms with Gasteiger partial charge in [0.15, 0.2) is 5.67 Å². The summed E-state index contributed by atoms with van der Waals surface area (Å²) >= 11 is 0. The Morgan fingerprint density at radius 2 is 1.81 bits per heavy atom. The molecule has 5 rings (SSSR count). The van der Waals surface area contributed by atoms with E-state index in [0.29, 0.717) is 28.1 Å². The van der Waals surface area contributed by atoms with Gasteiger partial charge in [-0.3, -0.25) is 9.59 Å². The van der Waals surface area contributed by atoms with Crippen LogP contribution in [0.1, 0.15) is 10.4 Å². The minimum Gasteiger partial charge on any atom is -0.383 e. The molecule has 37 heavy (non-hydrogen) atoms. The van der Waals surface area contributed by atoms with Crippen molar-refractivity contribution in [1.82, 2.24) is 19.9 Å². The number of carbonyl (C=O) groups excluding carboxylic acids is 2. The van der Waals surface area contributed by atoms with Gasteiger partial charge in [0.05, 0.1) is 30.8 Å². The molecule has 0 unspecified atom stereocenters. The molecule has 4 N–H and O–H groups in total. The van der Waals surface area contributed by atoms with E-state index in [1.807, 2.05) is 35.9 Å². The number of nitrogens with two attached hydrogens (primary N) is 1. The second-order valence-corrected chi connectivity index (χ2v) is 8.91. The summed E-state index contributed by atoms with van der Waals surface area (Å²) in [4.78, 5) is 32.9. The molecular weight excluding hydrogens is 475 g/mol. The lowest BCUT2D eigenvalue weighted by Crippen LogP contribution is -2.53. The van der Waals surface area contributed by atoms with Crippen LogP contribution < -0.4 is 16.4 Å². The van der Waals surface area contributed by atoms with Crippen molar-refractivity contribution in [2.75, 3.05) is 30.8 Å². The smallest absolute Gasteiger partial charge is 0.251 e. The Balaban J connectivity index is 1.52. The summed E-state index contributed by atoms with van der Waals surface area (Å²) in [6.45, 7) is 3.34. The van der Waals surface area contributed by atoms with Crippen molar-refractivity contribution in [2.45, 2.75) is 5.67 Å². The molecule has 3 heterocycles. The fraction of sp³-hybridized carbons (Fsp3) is 0.185. The monoisotopic (exact) mass is 500 g/mol. The molecule has 0 saturated carbocycles. The normalized spacial score (nSPS) is 14.1. The number of amides is 2. The summed E-state index contributed by atoms with van der Waals surface area (Å²) < 4.78 is 21.0. The van der Waals surface area contributed by atoms with E-state index in [0.717, 1.165) is 22.4 Å². The Labute approximate surface area is 212 Å².